The van der Waals surface area contributed by atoms with Gasteiger partial charge in [-0.2, -0.15) is 0 Å². The fourth-order valence-corrected chi connectivity index (χ4v) is 1.61. The summed E-state index contributed by atoms with van der Waals surface area (Å²) >= 11 is 3.15. The lowest BCUT2D eigenvalue weighted by atomic mass is 10.4. The molecule has 1 saturated heterocycles. The standard InChI is InChI=1S/C7H15NO.C3H7BrO/c9-7-3-6-8-4-1-2-5-8;4-2-1-3-5/h9H,1-7H2;5H,1-3H2. The molecule has 0 amide bonds. The number of aliphatic hydroxyl groups is 2. The first kappa shape index (κ1) is 14.4. The normalized spacial score (nSPS) is 16.5. The number of rotatable bonds is 5. The van der Waals surface area contributed by atoms with Gasteiger partial charge in [-0.25, -0.2) is 0 Å². The lowest BCUT2D eigenvalue weighted by Crippen LogP contribution is -2.20. The van der Waals surface area contributed by atoms with Gasteiger partial charge in [0, 0.05) is 25.1 Å². The first-order valence-electron chi connectivity index (χ1n) is 5.35. The van der Waals surface area contributed by atoms with Crippen molar-refractivity contribution >= 4 is 15.9 Å². The minimum Gasteiger partial charge on any atom is -0.396 e. The van der Waals surface area contributed by atoms with Crippen LogP contribution in [0.4, 0.5) is 0 Å². The molecule has 3 nitrogen and oxygen atoms in total. The summed E-state index contributed by atoms with van der Waals surface area (Å²) in [5.74, 6) is 0. The van der Waals surface area contributed by atoms with E-state index in [0.717, 1.165) is 24.7 Å². The van der Waals surface area contributed by atoms with Gasteiger partial charge in [-0.05, 0) is 38.8 Å². The molecule has 1 heterocycles. The Kier molecular flexibility index (Phi) is 11.7. The van der Waals surface area contributed by atoms with Gasteiger partial charge in [-0.15, -0.1) is 0 Å². The van der Waals surface area contributed by atoms with E-state index in [1.165, 1.54) is 25.9 Å². The number of hydrogen-bond donors (Lipinski definition) is 2. The van der Waals surface area contributed by atoms with Crippen molar-refractivity contribution in [2.75, 3.05) is 38.2 Å². The minimum atomic E-state index is 0.297. The first-order chi connectivity index (χ1) is 6.85. The van der Waals surface area contributed by atoms with Crippen molar-refractivity contribution in [3.63, 3.8) is 0 Å². The zero-order chi connectivity index (χ0) is 10.6. The van der Waals surface area contributed by atoms with Crippen LogP contribution in [0, 0.1) is 0 Å². The third kappa shape index (κ3) is 8.94. The molecule has 1 aliphatic rings. The molecule has 1 aliphatic heterocycles. The van der Waals surface area contributed by atoms with E-state index < -0.39 is 0 Å². The summed E-state index contributed by atoms with van der Waals surface area (Å²) in [5, 5.41) is 17.4. The zero-order valence-corrected chi connectivity index (χ0v) is 10.4. The second-order valence-electron chi connectivity index (χ2n) is 3.39. The van der Waals surface area contributed by atoms with Crippen LogP contribution in [-0.2, 0) is 0 Å². The van der Waals surface area contributed by atoms with Crippen LogP contribution >= 0.6 is 15.9 Å². The van der Waals surface area contributed by atoms with Crippen LogP contribution in [0.2, 0.25) is 0 Å². The quantitative estimate of drug-likeness (QED) is 0.737. The smallest absolute Gasteiger partial charge is 0.0443 e. The summed E-state index contributed by atoms with van der Waals surface area (Å²) in [6, 6.07) is 0. The Labute approximate surface area is 95.2 Å². The van der Waals surface area contributed by atoms with Gasteiger partial charge in [0.15, 0.2) is 0 Å². The van der Waals surface area contributed by atoms with Crippen molar-refractivity contribution in [1.29, 1.82) is 0 Å². The third-order valence-electron chi connectivity index (χ3n) is 2.12. The Morgan fingerprint density at radius 1 is 1.00 bits per heavy atom. The predicted molar refractivity (Wildman–Crippen MR) is 62.9 cm³/mol. The molecule has 2 N–H and O–H groups in total. The number of alkyl halides is 1. The van der Waals surface area contributed by atoms with Crippen LogP contribution in [0.3, 0.4) is 0 Å². The highest BCUT2D eigenvalue weighted by Crippen LogP contribution is 2.06. The van der Waals surface area contributed by atoms with Crippen molar-refractivity contribution in [3.8, 4) is 0 Å². The summed E-state index contributed by atoms with van der Waals surface area (Å²) in [6.45, 7) is 4.23. The van der Waals surface area contributed by atoms with Crippen LogP contribution in [0.15, 0.2) is 0 Å². The molecule has 0 atom stereocenters. The van der Waals surface area contributed by atoms with E-state index in [1.807, 2.05) is 0 Å². The minimum absolute atomic E-state index is 0.297. The lowest BCUT2D eigenvalue weighted by Gasteiger charge is -2.12. The molecule has 0 aromatic rings. The van der Waals surface area contributed by atoms with E-state index in [9.17, 15) is 0 Å². The second-order valence-corrected chi connectivity index (χ2v) is 4.19. The van der Waals surface area contributed by atoms with Crippen LogP contribution in [0.25, 0.3) is 0 Å². The SMILES string of the molecule is OCCCBr.OCCCN1CCCC1. The Balaban J connectivity index is 0.000000292. The molecule has 0 aliphatic carbocycles. The largest absolute Gasteiger partial charge is 0.396 e. The molecule has 0 saturated carbocycles. The van der Waals surface area contributed by atoms with E-state index in [4.69, 9.17) is 10.2 Å². The molecule has 4 heteroatoms. The summed E-state index contributed by atoms with van der Waals surface area (Å²) in [6.07, 6.45) is 4.51. The van der Waals surface area contributed by atoms with E-state index in [0.29, 0.717) is 13.2 Å². The van der Waals surface area contributed by atoms with Crippen molar-refractivity contribution < 1.29 is 10.2 Å². The molecular weight excluding hydrogens is 246 g/mol. The lowest BCUT2D eigenvalue weighted by molar-refractivity contribution is 0.248. The molecule has 14 heavy (non-hydrogen) atoms. The van der Waals surface area contributed by atoms with Gasteiger partial charge < -0.3 is 15.1 Å². The molecule has 0 aromatic carbocycles. The van der Waals surface area contributed by atoms with E-state index in [-0.39, 0.29) is 0 Å². The third-order valence-corrected chi connectivity index (χ3v) is 2.68. The van der Waals surface area contributed by atoms with Gasteiger partial charge in [-0.1, -0.05) is 15.9 Å². The Hall–Kier alpha value is 0.360. The van der Waals surface area contributed by atoms with Crippen LogP contribution in [0.5, 0.6) is 0 Å². The van der Waals surface area contributed by atoms with Crippen molar-refractivity contribution in [1.82, 2.24) is 4.90 Å². The maximum Gasteiger partial charge on any atom is 0.0443 e. The van der Waals surface area contributed by atoms with Crippen LogP contribution in [0.1, 0.15) is 25.7 Å². The summed E-state index contributed by atoms with van der Waals surface area (Å²) in [7, 11) is 0. The monoisotopic (exact) mass is 267 g/mol. The molecule has 1 rings (SSSR count). The molecule has 0 spiro atoms. The molecular formula is C10H22BrNO2. The fourth-order valence-electron chi connectivity index (χ4n) is 1.36. The summed E-state index contributed by atoms with van der Waals surface area (Å²) in [5.41, 5.74) is 0. The first-order valence-corrected chi connectivity index (χ1v) is 6.47. The molecule has 0 unspecified atom stereocenters. The Bertz CT molecular complexity index is 106. The number of aliphatic hydroxyl groups excluding tert-OH is 2. The highest BCUT2D eigenvalue weighted by atomic mass is 79.9. The highest BCUT2D eigenvalue weighted by Gasteiger charge is 2.09. The molecule has 1 fully saturated rings. The number of hydrogen-bond acceptors (Lipinski definition) is 3. The van der Waals surface area contributed by atoms with Gasteiger partial charge in [0.25, 0.3) is 0 Å². The average molecular weight is 268 g/mol. The number of likely N-dealkylation sites (tertiary alicyclic amines) is 1. The predicted octanol–water partition coefficient (Wildman–Crippen LogP) is 1.23. The van der Waals surface area contributed by atoms with Crippen LogP contribution in [-0.4, -0.2) is 53.3 Å². The summed E-state index contributed by atoms with van der Waals surface area (Å²) < 4.78 is 0. The van der Waals surface area contributed by atoms with E-state index in [1.54, 1.807) is 0 Å². The number of halogens is 1. The average Bonchev–Trinajstić information content (AvgIpc) is 2.69. The van der Waals surface area contributed by atoms with Gasteiger partial charge in [0.2, 0.25) is 0 Å². The zero-order valence-electron chi connectivity index (χ0n) is 8.79. The van der Waals surface area contributed by atoms with Crippen LogP contribution < -0.4 is 0 Å². The van der Waals surface area contributed by atoms with E-state index >= 15 is 0 Å². The second kappa shape index (κ2) is 11.4. The van der Waals surface area contributed by atoms with Crippen molar-refractivity contribution in [2.45, 2.75) is 25.7 Å². The fraction of sp³-hybridized carbons (Fsp3) is 1.00. The molecule has 0 bridgehead atoms. The Morgan fingerprint density at radius 2 is 1.57 bits per heavy atom. The van der Waals surface area contributed by atoms with Crippen molar-refractivity contribution in [3.05, 3.63) is 0 Å². The van der Waals surface area contributed by atoms with Gasteiger partial charge in [0.05, 0.1) is 0 Å². The van der Waals surface area contributed by atoms with Gasteiger partial charge in [0.1, 0.15) is 0 Å². The van der Waals surface area contributed by atoms with Crippen molar-refractivity contribution in [2.24, 2.45) is 0 Å². The van der Waals surface area contributed by atoms with Gasteiger partial charge in [-0.3, -0.25) is 0 Å². The summed E-state index contributed by atoms with van der Waals surface area (Å²) in [4.78, 5) is 2.41. The maximum atomic E-state index is 8.50. The molecule has 86 valence electrons. The molecule has 0 aromatic heterocycles. The number of nitrogens with zero attached hydrogens (tertiary/aromatic N) is 1. The Morgan fingerprint density at radius 3 is 1.93 bits per heavy atom. The highest BCUT2D eigenvalue weighted by molar-refractivity contribution is 9.09. The molecule has 0 radical (unpaired) electrons. The maximum absolute atomic E-state index is 8.50. The van der Waals surface area contributed by atoms with Gasteiger partial charge >= 0.3 is 0 Å². The topological polar surface area (TPSA) is 43.7 Å². The van der Waals surface area contributed by atoms with E-state index in [2.05, 4.69) is 20.8 Å².